The van der Waals surface area contributed by atoms with Gasteiger partial charge < -0.3 is 16.4 Å². The first-order valence-electron chi connectivity index (χ1n) is 7.41. The van der Waals surface area contributed by atoms with E-state index < -0.39 is 27.9 Å². The van der Waals surface area contributed by atoms with Gasteiger partial charge in [-0.25, -0.2) is 12.7 Å². The Morgan fingerprint density at radius 2 is 1.84 bits per heavy atom. The van der Waals surface area contributed by atoms with Crippen LogP contribution in [0.25, 0.3) is 0 Å². The van der Waals surface area contributed by atoms with Gasteiger partial charge in [-0.15, -0.1) is 12.4 Å². The van der Waals surface area contributed by atoms with Crippen LogP contribution >= 0.6 is 12.4 Å². The van der Waals surface area contributed by atoms with Crippen LogP contribution in [-0.4, -0.2) is 51.2 Å². The molecule has 2 amide bonds. The third kappa shape index (κ3) is 6.62. The van der Waals surface area contributed by atoms with Gasteiger partial charge in [0.15, 0.2) is 0 Å². The Morgan fingerprint density at radius 3 is 2.36 bits per heavy atom. The summed E-state index contributed by atoms with van der Waals surface area (Å²) in [5.41, 5.74) is 6.00. The van der Waals surface area contributed by atoms with Gasteiger partial charge in [0.25, 0.3) is 0 Å². The molecule has 25 heavy (non-hydrogen) atoms. The molecular formula is C15H25ClN4O4S. The smallest absolute Gasteiger partial charge is 0.243 e. The van der Waals surface area contributed by atoms with Crippen LogP contribution in [-0.2, 0) is 19.6 Å². The van der Waals surface area contributed by atoms with Gasteiger partial charge in [-0.05, 0) is 24.1 Å². The summed E-state index contributed by atoms with van der Waals surface area (Å²) < 4.78 is 25.2. The number of halogens is 1. The molecule has 142 valence electrons. The zero-order valence-electron chi connectivity index (χ0n) is 14.6. The number of amides is 2. The Hall–Kier alpha value is -1.68. The fourth-order valence-corrected chi connectivity index (χ4v) is 2.69. The van der Waals surface area contributed by atoms with Crippen LogP contribution in [0, 0.1) is 5.92 Å². The first-order chi connectivity index (χ1) is 11.1. The summed E-state index contributed by atoms with van der Waals surface area (Å²) in [5, 5.41) is 4.98. The topological polar surface area (TPSA) is 122 Å². The van der Waals surface area contributed by atoms with Gasteiger partial charge in [0.1, 0.15) is 0 Å². The molecular weight excluding hydrogens is 368 g/mol. The maximum atomic E-state index is 12.1. The molecule has 0 radical (unpaired) electrons. The molecule has 0 aliphatic heterocycles. The van der Waals surface area contributed by atoms with Crippen molar-refractivity contribution in [2.75, 3.05) is 26.0 Å². The summed E-state index contributed by atoms with van der Waals surface area (Å²) in [6, 6.07) is 5.20. The van der Waals surface area contributed by atoms with Crippen molar-refractivity contribution in [1.82, 2.24) is 9.62 Å². The lowest BCUT2D eigenvalue weighted by Gasteiger charge is -2.15. The normalized spacial score (nSPS) is 12.4. The molecule has 0 unspecified atom stereocenters. The van der Waals surface area contributed by atoms with E-state index >= 15 is 0 Å². The lowest BCUT2D eigenvalue weighted by atomic mass is 10.1. The van der Waals surface area contributed by atoms with Crippen molar-refractivity contribution in [1.29, 1.82) is 0 Å². The van der Waals surface area contributed by atoms with Gasteiger partial charge in [0.2, 0.25) is 21.8 Å². The van der Waals surface area contributed by atoms with Gasteiger partial charge in [0.05, 0.1) is 17.5 Å². The van der Waals surface area contributed by atoms with Gasteiger partial charge in [-0.2, -0.15) is 0 Å². The van der Waals surface area contributed by atoms with Crippen LogP contribution in [0.2, 0.25) is 0 Å². The fraction of sp³-hybridized carbons (Fsp3) is 0.467. The summed E-state index contributed by atoms with van der Waals surface area (Å²) in [5.74, 6) is -0.927. The van der Waals surface area contributed by atoms with E-state index in [1.165, 1.54) is 32.3 Å². The number of nitrogens with one attached hydrogen (secondary N) is 2. The van der Waals surface area contributed by atoms with Crippen LogP contribution in [0.5, 0.6) is 0 Å². The number of benzene rings is 1. The second-order valence-corrected chi connectivity index (χ2v) is 8.00. The lowest BCUT2D eigenvalue weighted by molar-refractivity contribution is -0.125. The van der Waals surface area contributed by atoms with Crippen LogP contribution in [0.3, 0.4) is 0 Å². The molecule has 0 bridgehead atoms. The van der Waals surface area contributed by atoms with Crippen LogP contribution < -0.4 is 16.4 Å². The van der Waals surface area contributed by atoms with Crippen molar-refractivity contribution >= 4 is 39.9 Å². The monoisotopic (exact) mass is 392 g/mol. The van der Waals surface area contributed by atoms with Crippen molar-refractivity contribution in [3.05, 3.63) is 24.3 Å². The molecule has 0 fully saturated rings. The van der Waals surface area contributed by atoms with Crippen molar-refractivity contribution in [3.8, 4) is 0 Å². The summed E-state index contributed by atoms with van der Waals surface area (Å²) >= 11 is 0. The number of hydrogen-bond donors (Lipinski definition) is 3. The lowest BCUT2D eigenvalue weighted by Crippen LogP contribution is -2.46. The number of nitrogens with zero attached hydrogens (tertiary/aromatic N) is 1. The number of sulfonamides is 1. The molecule has 0 aliphatic rings. The van der Waals surface area contributed by atoms with Crippen molar-refractivity contribution in [2.24, 2.45) is 11.7 Å². The second-order valence-electron chi connectivity index (χ2n) is 5.85. The molecule has 0 aliphatic carbocycles. The number of nitrogens with two attached hydrogens (primary N) is 1. The minimum atomic E-state index is -3.59. The van der Waals surface area contributed by atoms with E-state index in [9.17, 15) is 18.0 Å². The first kappa shape index (κ1) is 23.3. The standard InChI is InChI=1S/C15H24N4O4S.ClH/c1-10(2)14(16)15(21)17-9-13(20)18-11-6-5-7-12(8-11)24(22,23)19(3)4;/h5-8,10,14H,9,16H2,1-4H3,(H,17,21)(H,18,20);1H/t14-;/m0./s1. The minimum Gasteiger partial charge on any atom is -0.346 e. The van der Waals surface area contributed by atoms with Gasteiger partial charge in [-0.3, -0.25) is 9.59 Å². The SMILES string of the molecule is CC(C)[C@H](N)C(=O)NCC(=O)Nc1cccc(S(=O)(=O)N(C)C)c1.Cl. The van der Waals surface area contributed by atoms with Crippen LogP contribution in [0.1, 0.15) is 13.8 Å². The molecule has 1 atom stereocenters. The highest BCUT2D eigenvalue weighted by Crippen LogP contribution is 2.17. The quantitative estimate of drug-likeness (QED) is 0.619. The van der Waals surface area contributed by atoms with Gasteiger partial charge in [-0.1, -0.05) is 19.9 Å². The average Bonchev–Trinajstić information content (AvgIpc) is 2.51. The molecule has 0 aromatic heterocycles. The summed E-state index contributed by atoms with van der Waals surface area (Å²) in [6.45, 7) is 3.37. The van der Waals surface area contributed by atoms with Crippen LogP contribution in [0.4, 0.5) is 5.69 Å². The van der Waals surface area contributed by atoms with Crippen molar-refractivity contribution < 1.29 is 18.0 Å². The van der Waals surface area contributed by atoms with E-state index in [0.29, 0.717) is 5.69 Å². The predicted octanol–water partition coefficient (Wildman–Crippen LogP) is 0.397. The number of carbonyl (C=O) groups excluding carboxylic acids is 2. The third-order valence-electron chi connectivity index (χ3n) is 3.34. The Labute approximate surface area is 154 Å². The number of rotatable bonds is 7. The number of hydrogen-bond acceptors (Lipinski definition) is 5. The second kappa shape index (κ2) is 9.71. The van der Waals surface area contributed by atoms with Crippen molar-refractivity contribution in [3.63, 3.8) is 0 Å². The molecule has 8 nitrogen and oxygen atoms in total. The fourth-order valence-electron chi connectivity index (χ4n) is 1.74. The molecule has 0 spiro atoms. The maximum Gasteiger partial charge on any atom is 0.243 e. The predicted molar refractivity (Wildman–Crippen MR) is 99.0 cm³/mol. The zero-order valence-corrected chi connectivity index (χ0v) is 16.3. The Morgan fingerprint density at radius 1 is 1.24 bits per heavy atom. The molecule has 0 saturated carbocycles. The first-order valence-corrected chi connectivity index (χ1v) is 8.85. The van der Waals surface area contributed by atoms with Gasteiger partial charge >= 0.3 is 0 Å². The third-order valence-corrected chi connectivity index (χ3v) is 5.15. The molecule has 0 heterocycles. The largest absolute Gasteiger partial charge is 0.346 e. The molecule has 1 aromatic rings. The summed E-state index contributed by atoms with van der Waals surface area (Å²) in [7, 11) is -0.737. The summed E-state index contributed by atoms with van der Waals surface area (Å²) in [6.07, 6.45) is 0. The Bertz CT molecular complexity index is 707. The molecule has 0 saturated heterocycles. The van der Waals surface area contributed by atoms with Gasteiger partial charge in [0, 0.05) is 19.8 Å². The maximum absolute atomic E-state index is 12.1. The average molecular weight is 393 g/mol. The zero-order chi connectivity index (χ0) is 18.5. The highest BCUT2D eigenvalue weighted by molar-refractivity contribution is 7.89. The van der Waals surface area contributed by atoms with E-state index in [-0.39, 0.29) is 29.8 Å². The highest BCUT2D eigenvalue weighted by Gasteiger charge is 2.19. The van der Waals surface area contributed by atoms with E-state index in [4.69, 9.17) is 5.73 Å². The Balaban J connectivity index is 0.00000576. The number of anilines is 1. The van der Waals surface area contributed by atoms with E-state index in [0.717, 1.165) is 4.31 Å². The number of carbonyl (C=O) groups is 2. The van der Waals surface area contributed by atoms with E-state index in [1.807, 2.05) is 0 Å². The van der Waals surface area contributed by atoms with E-state index in [1.54, 1.807) is 19.9 Å². The Kier molecular flexibility index (Phi) is 9.06. The molecule has 1 aromatic carbocycles. The minimum absolute atomic E-state index is 0. The van der Waals surface area contributed by atoms with Crippen LogP contribution in [0.15, 0.2) is 29.2 Å². The molecule has 1 rings (SSSR count). The van der Waals surface area contributed by atoms with Crippen molar-refractivity contribution in [2.45, 2.75) is 24.8 Å². The highest BCUT2D eigenvalue weighted by atomic mass is 35.5. The molecule has 4 N–H and O–H groups in total. The van der Waals surface area contributed by atoms with E-state index in [2.05, 4.69) is 10.6 Å². The summed E-state index contributed by atoms with van der Waals surface area (Å²) in [4.78, 5) is 23.6. The molecule has 10 heteroatoms.